The summed E-state index contributed by atoms with van der Waals surface area (Å²) in [4.78, 5) is 47.8. The molecule has 6 atom stereocenters. The maximum Gasteiger partial charge on any atom is 0.249 e. The van der Waals surface area contributed by atoms with Crippen molar-refractivity contribution in [2.45, 2.75) is 75.4 Å². The molecule has 0 radical (unpaired) electrons. The zero-order valence-corrected chi connectivity index (χ0v) is 21.9. The third-order valence-electron chi connectivity index (χ3n) is 9.18. The lowest BCUT2D eigenvalue weighted by Gasteiger charge is -2.40. The molecule has 8 heteroatoms. The van der Waals surface area contributed by atoms with Gasteiger partial charge in [0.05, 0.1) is 30.6 Å². The maximum absolute atomic E-state index is 14.3. The average Bonchev–Trinajstić information content (AvgIpc) is 3.27. The van der Waals surface area contributed by atoms with E-state index in [9.17, 15) is 19.5 Å². The van der Waals surface area contributed by atoms with E-state index in [1.807, 2.05) is 59.5 Å². The Labute approximate surface area is 223 Å². The molecule has 2 saturated heterocycles. The fourth-order valence-corrected chi connectivity index (χ4v) is 7.38. The SMILES string of the molecule is C[C@H](CO)N1C(=O)[C@@H]2[C@@H]3C(=O)N(Cc4ccccc4)CC=C[C@@H]3O[C@@]23C=CCN(C2CCCCC2)C(=O)C13. The van der Waals surface area contributed by atoms with Crippen molar-refractivity contribution in [3.05, 3.63) is 60.2 Å². The number of hydrogen-bond donors (Lipinski definition) is 1. The minimum Gasteiger partial charge on any atom is -0.394 e. The van der Waals surface area contributed by atoms with Gasteiger partial charge in [-0.15, -0.1) is 0 Å². The van der Waals surface area contributed by atoms with Crippen molar-refractivity contribution in [3.8, 4) is 0 Å². The Hall–Kier alpha value is -2.97. The Kier molecular flexibility index (Phi) is 6.64. The quantitative estimate of drug-likeness (QED) is 0.603. The second-order valence-electron chi connectivity index (χ2n) is 11.4. The lowest BCUT2D eigenvalue weighted by atomic mass is 9.77. The normalized spacial score (nSPS) is 34.2. The van der Waals surface area contributed by atoms with E-state index in [-0.39, 0.29) is 30.4 Å². The fourth-order valence-electron chi connectivity index (χ4n) is 7.38. The van der Waals surface area contributed by atoms with E-state index in [0.717, 1.165) is 31.2 Å². The number of hydrogen-bond acceptors (Lipinski definition) is 5. The van der Waals surface area contributed by atoms with E-state index in [2.05, 4.69) is 0 Å². The van der Waals surface area contributed by atoms with Gasteiger partial charge < -0.3 is 24.5 Å². The molecule has 202 valence electrons. The third-order valence-corrected chi connectivity index (χ3v) is 9.18. The van der Waals surface area contributed by atoms with Gasteiger partial charge in [-0.25, -0.2) is 0 Å². The molecule has 1 aliphatic carbocycles. The summed E-state index contributed by atoms with van der Waals surface area (Å²) in [6, 6.07) is 8.47. The zero-order chi connectivity index (χ0) is 26.4. The van der Waals surface area contributed by atoms with Crippen LogP contribution >= 0.6 is 0 Å². The number of carbonyl (C=O) groups is 3. The maximum atomic E-state index is 14.3. The van der Waals surface area contributed by atoms with Crippen molar-refractivity contribution >= 4 is 17.7 Å². The van der Waals surface area contributed by atoms with Gasteiger partial charge in [-0.05, 0) is 25.3 Å². The lowest BCUT2D eigenvalue weighted by Crippen LogP contribution is -2.59. The summed E-state index contributed by atoms with van der Waals surface area (Å²) in [5.74, 6) is -2.11. The van der Waals surface area contributed by atoms with Crippen molar-refractivity contribution in [1.82, 2.24) is 14.7 Å². The summed E-state index contributed by atoms with van der Waals surface area (Å²) < 4.78 is 6.70. The molecule has 3 fully saturated rings. The molecule has 38 heavy (non-hydrogen) atoms. The highest BCUT2D eigenvalue weighted by atomic mass is 16.5. The van der Waals surface area contributed by atoms with Gasteiger partial charge in [0, 0.05) is 25.7 Å². The number of fused-ring (bicyclic) bond motifs is 2. The van der Waals surface area contributed by atoms with Gasteiger partial charge in [-0.1, -0.05) is 73.9 Å². The molecule has 5 aliphatic rings. The second kappa shape index (κ2) is 9.97. The second-order valence-corrected chi connectivity index (χ2v) is 11.4. The summed E-state index contributed by atoms with van der Waals surface area (Å²) in [5, 5.41) is 10.1. The van der Waals surface area contributed by atoms with E-state index < -0.39 is 35.6 Å². The first kappa shape index (κ1) is 25.3. The van der Waals surface area contributed by atoms with Crippen LogP contribution in [0.3, 0.4) is 0 Å². The smallest absolute Gasteiger partial charge is 0.249 e. The van der Waals surface area contributed by atoms with Crippen LogP contribution in [0.25, 0.3) is 0 Å². The molecule has 0 bridgehead atoms. The number of nitrogens with zero attached hydrogens (tertiary/aromatic N) is 3. The van der Waals surface area contributed by atoms with Crippen LogP contribution in [-0.2, 0) is 25.7 Å². The van der Waals surface area contributed by atoms with Gasteiger partial charge in [0.15, 0.2) is 0 Å². The van der Waals surface area contributed by atoms with Gasteiger partial charge in [0.1, 0.15) is 11.6 Å². The van der Waals surface area contributed by atoms with Crippen LogP contribution in [0.4, 0.5) is 0 Å². The van der Waals surface area contributed by atoms with Crippen molar-refractivity contribution in [1.29, 1.82) is 0 Å². The summed E-state index contributed by atoms with van der Waals surface area (Å²) in [6.07, 6.45) is 12.3. The highest BCUT2D eigenvalue weighted by Gasteiger charge is 2.72. The molecule has 1 aromatic rings. The largest absolute Gasteiger partial charge is 0.394 e. The molecule has 3 amide bonds. The van der Waals surface area contributed by atoms with Gasteiger partial charge in [0.25, 0.3) is 0 Å². The molecule has 1 aromatic carbocycles. The number of amides is 3. The van der Waals surface area contributed by atoms with Crippen LogP contribution in [0, 0.1) is 11.8 Å². The molecule has 4 aliphatic heterocycles. The molecular weight excluding hydrogens is 482 g/mol. The molecule has 0 aromatic heterocycles. The molecular formula is C30H37N3O5. The Morgan fingerprint density at radius 3 is 2.50 bits per heavy atom. The number of ether oxygens (including phenoxy) is 1. The topological polar surface area (TPSA) is 90.4 Å². The van der Waals surface area contributed by atoms with E-state index >= 15 is 0 Å². The van der Waals surface area contributed by atoms with E-state index in [1.54, 1.807) is 11.8 Å². The van der Waals surface area contributed by atoms with Crippen LogP contribution in [-0.4, -0.2) is 87.1 Å². The number of rotatable bonds is 5. The Bertz CT molecular complexity index is 1150. The summed E-state index contributed by atoms with van der Waals surface area (Å²) >= 11 is 0. The summed E-state index contributed by atoms with van der Waals surface area (Å²) in [6.45, 7) is 2.82. The minimum absolute atomic E-state index is 0.131. The van der Waals surface area contributed by atoms with E-state index in [0.29, 0.717) is 19.6 Å². The molecule has 6 rings (SSSR count). The van der Waals surface area contributed by atoms with Crippen LogP contribution in [0.1, 0.15) is 44.6 Å². The first-order chi connectivity index (χ1) is 18.5. The Balaban J connectivity index is 1.38. The number of likely N-dealkylation sites (tertiary alicyclic amines) is 1. The fraction of sp³-hybridized carbons (Fsp3) is 0.567. The zero-order valence-electron chi connectivity index (χ0n) is 21.9. The van der Waals surface area contributed by atoms with Crippen molar-refractivity contribution in [2.24, 2.45) is 11.8 Å². The van der Waals surface area contributed by atoms with Crippen molar-refractivity contribution < 1.29 is 24.2 Å². The van der Waals surface area contributed by atoms with Crippen LogP contribution in [0.2, 0.25) is 0 Å². The number of carbonyl (C=O) groups excluding carboxylic acids is 3. The standard InChI is InChI=1S/C30H37N3O5/c1-20(19-34)33-26-29(37)32(22-12-6-3-7-13-22)17-9-15-30(26)25(28(33)36)24-23(38-30)14-8-16-31(27(24)35)18-21-10-4-2-5-11-21/h2,4-5,8-11,14-15,20,22-26,34H,3,6-7,12-13,16-19H2,1H3/t20-,23+,24-,25+,26?,30+/m1/s1. The molecule has 1 N–H and O–H groups in total. The summed E-state index contributed by atoms with van der Waals surface area (Å²) in [7, 11) is 0. The Morgan fingerprint density at radius 1 is 1.00 bits per heavy atom. The van der Waals surface area contributed by atoms with Crippen molar-refractivity contribution in [3.63, 3.8) is 0 Å². The van der Waals surface area contributed by atoms with Gasteiger partial charge in [0.2, 0.25) is 17.7 Å². The number of aliphatic hydroxyl groups is 1. The molecule has 1 unspecified atom stereocenters. The van der Waals surface area contributed by atoms with Crippen LogP contribution < -0.4 is 0 Å². The lowest BCUT2D eigenvalue weighted by molar-refractivity contribution is -0.152. The van der Waals surface area contributed by atoms with Crippen LogP contribution in [0.5, 0.6) is 0 Å². The van der Waals surface area contributed by atoms with Gasteiger partial charge in [-0.3, -0.25) is 14.4 Å². The first-order valence-electron chi connectivity index (χ1n) is 14.0. The molecule has 1 spiro atoms. The third kappa shape index (κ3) is 3.92. The highest BCUT2D eigenvalue weighted by Crippen LogP contribution is 2.54. The van der Waals surface area contributed by atoms with Gasteiger partial charge in [-0.2, -0.15) is 0 Å². The average molecular weight is 520 g/mol. The van der Waals surface area contributed by atoms with E-state index in [4.69, 9.17) is 4.74 Å². The van der Waals surface area contributed by atoms with Crippen LogP contribution in [0.15, 0.2) is 54.6 Å². The molecule has 4 heterocycles. The first-order valence-corrected chi connectivity index (χ1v) is 14.0. The predicted octanol–water partition coefficient (Wildman–Crippen LogP) is 2.28. The van der Waals surface area contributed by atoms with Gasteiger partial charge >= 0.3 is 0 Å². The monoisotopic (exact) mass is 519 g/mol. The minimum atomic E-state index is -1.24. The Morgan fingerprint density at radius 2 is 1.76 bits per heavy atom. The number of benzene rings is 1. The number of aliphatic hydroxyl groups excluding tert-OH is 1. The predicted molar refractivity (Wildman–Crippen MR) is 140 cm³/mol. The van der Waals surface area contributed by atoms with E-state index in [1.165, 1.54) is 11.3 Å². The molecule has 8 nitrogen and oxygen atoms in total. The van der Waals surface area contributed by atoms with Crippen molar-refractivity contribution in [2.75, 3.05) is 19.7 Å². The summed E-state index contributed by atoms with van der Waals surface area (Å²) in [5.41, 5.74) is -0.230. The molecule has 1 saturated carbocycles. The highest BCUT2D eigenvalue weighted by molar-refractivity contribution is 6.00.